The molecule has 0 atom stereocenters. The summed E-state index contributed by atoms with van der Waals surface area (Å²) >= 11 is 1.20. The minimum Gasteiger partial charge on any atom is -0.478 e. The minimum absolute atomic E-state index is 0.138. The first kappa shape index (κ1) is 19.0. The second-order valence-electron chi connectivity index (χ2n) is 5.71. The van der Waals surface area contributed by atoms with Crippen molar-refractivity contribution in [1.29, 1.82) is 0 Å². The van der Waals surface area contributed by atoms with Crippen LogP contribution < -0.4 is 0 Å². The molecule has 0 aliphatic carbocycles. The number of thioether (sulfide) groups is 1. The third kappa shape index (κ3) is 4.48. The first-order valence-electron chi connectivity index (χ1n) is 7.75. The van der Waals surface area contributed by atoms with Crippen molar-refractivity contribution in [2.75, 3.05) is 5.75 Å². The van der Waals surface area contributed by atoms with Crippen LogP contribution in [0.3, 0.4) is 0 Å². The molecule has 1 amide bonds. The molecule has 9 heteroatoms. The highest BCUT2D eigenvalue weighted by Gasteiger charge is 2.31. The van der Waals surface area contributed by atoms with Gasteiger partial charge in [0.25, 0.3) is 0 Å². The fourth-order valence-corrected chi connectivity index (χ4v) is 3.31. The molecule has 0 spiro atoms. The lowest BCUT2D eigenvalue weighted by Crippen LogP contribution is -2.28. The van der Waals surface area contributed by atoms with Gasteiger partial charge >= 0.3 is 12.1 Å². The number of amidine groups is 1. The summed E-state index contributed by atoms with van der Waals surface area (Å²) in [6.07, 6.45) is -4.42. The number of nitrogens with zero attached hydrogens (tertiary/aromatic N) is 2. The molecular weight excluding hydrogens is 381 g/mol. The van der Waals surface area contributed by atoms with Crippen LogP contribution in [0.2, 0.25) is 0 Å². The number of benzene rings is 2. The Morgan fingerprint density at radius 3 is 2.30 bits per heavy atom. The number of alkyl halides is 3. The van der Waals surface area contributed by atoms with Crippen molar-refractivity contribution in [3.63, 3.8) is 0 Å². The van der Waals surface area contributed by atoms with E-state index in [2.05, 4.69) is 4.99 Å². The lowest BCUT2D eigenvalue weighted by atomic mass is 10.1. The molecule has 0 saturated carbocycles. The van der Waals surface area contributed by atoms with E-state index in [0.29, 0.717) is 10.9 Å². The van der Waals surface area contributed by atoms with Crippen molar-refractivity contribution < 1.29 is 27.9 Å². The number of amides is 1. The van der Waals surface area contributed by atoms with Gasteiger partial charge in [0.15, 0.2) is 5.17 Å². The lowest BCUT2D eigenvalue weighted by Gasteiger charge is -2.16. The van der Waals surface area contributed by atoms with Crippen LogP contribution in [0.4, 0.5) is 18.9 Å². The van der Waals surface area contributed by atoms with Gasteiger partial charge < -0.3 is 5.11 Å². The number of carbonyl (C=O) groups excluding carboxylic acids is 1. The van der Waals surface area contributed by atoms with Crippen molar-refractivity contribution in [2.24, 2.45) is 4.99 Å². The molecule has 0 bridgehead atoms. The molecule has 0 radical (unpaired) electrons. The van der Waals surface area contributed by atoms with Gasteiger partial charge in [0, 0.05) is 0 Å². The number of hydrogen-bond acceptors (Lipinski definition) is 4. The predicted octanol–water partition coefficient (Wildman–Crippen LogP) is 4.17. The Morgan fingerprint density at radius 2 is 1.74 bits per heavy atom. The van der Waals surface area contributed by atoms with Gasteiger partial charge in [-0.15, -0.1) is 0 Å². The highest BCUT2D eigenvalue weighted by Crippen LogP contribution is 2.31. The predicted molar refractivity (Wildman–Crippen MR) is 94.9 cm³/mol. The van der Waals surface area contributed by atoms with E-state index in [1.165, 1.54) is 40.9 Å². The van der Waals surface area contributed by atoms with Crippen LogP contribution in [-0.2, 0) is 17.5 Å². The lowest BCUT2D eigenvalue weighted by molar-refractivity contribution is -0.137. The average molecular weight is 394 g/mol. The van der Waals surface area contributed by atoms with Crippen molar-refractivity contribution in [3.8, 4) is 0 Å². The fourth-order valence-electron chi connectivity index (χ4n) is 2.41. The molecule has 1 saturated heterocycles. The maximum absolute atomic E-state index is 12.6. The molecule has 140 valence electrons. The zero-order chi connectivity index (χ0) is 19.6. The Kier molecular flexibility index (Phi) is 5.22. The van der Waals surface area contributed by atoms with Gasteiger partial charge in [0.2, 0.25) is 5.91 Å². The largest absolute Gasteiger partial charge is 0.478 e. The summed E-state index contributed by atoms with van der Waals surface area (Å²) in [4.78, 5) is 28.7. The molecule has 0 aromatic heterocycles. The van der Waals surface area contributed by atoms with Crippen LogP contribution in [0.15, 0.2) is 53.5 Å². The summed E-state index contributed by atoms with van der Waals surface area (Å²) in [7, 11) is 0. The van der Waals surface area contributed by atoms with Gasteiger partial charge in [0.05, 0.1) is 29.1 Å². The number of aromatic carboxylic acids is 1. The number of aliphatic imine (C=N–C) groups is 1. The van der Waals surface area contributed by atoms with E-state index in [-0.39, 0.29) is 23.8 Å². The molecule has 3 rings (SSSR count). The molecule has 0 unspecified atom stereocenters. The molecule has 2 aromatic rings. The Labute approximate surface area is 156 Å². The van der Waals surface area contributed by atoms with Crippen molar-refractivity contribution in [2.45, 2.75) is 12.7 Å². The van der Waals surface area contributed by atoms with Crippen LogP contribution in [0.1, 0.15) is 21.5 Å². The normalized spacial score (nSPS) is 16.2. The number of hydrogen-bond donors (Lipinski definition) is 1. The number of rotatable bonds is 4. The smallest absolute Gasteiger partial charge is 0.416 e. The monoisotopic (exact) mass is 394 g/mol. The van der Waals surface area contributed by atoms with Crippen LogP contribution in [0.25, 0.3) is 0 Å². The van der Waals surface area contributed by atoms with Gasteiger partial charge in [-0.1, -0.05) is 23.9 Å². The molecule has 2 aromatic carbocycles. The Balaban J connectivity index is 1.79. The maximum atomic E-state index is 12.6. The van der Waals surface area contributed by atoms with E-state index in [1.807, 2.05) is 0 Å². The summed E-state index contributed by atoms with van der Waals surface area (Å²) < 4.78 is 37.9. The second-order valence-corrected chi connectivity index (χ2v) is 6.65. The number of carboxylic acids is 1. The van der Waals surface area contributed by atoms with E-state index < -0.39 is 17.7 Å². The van der Waals surface area contributed by atoms with Gasteiger partial charge in [-0.25, -0.2) is 9.79 Å². The molecule has 1 N–H and O–H groups in total. The molecule has 1 aliphatic rings. The highest BCUT2D eigenvalue weighted by molar-refractivity contribution is 8.15. The fraction of sp³-hybridized carbons (Fsp3) is 0.167. The number of carboxylic acid groups (broad SMARTS) is 1. The van der Waals surface area contributed by atoms with Gasteiger partial charge in [-0.05, 0) is 42.0 Å². The third-order valence-corrected chi connectivity index (χ3v) is 4.78. The molecule has 1 heterocycles. The van der Waals surface area contributed by atoms with E-state index in [4.69, 9.17) is 5.11 Å². The second kappa shape index (κ2) is 7.43. The molecule has 5 nitrogen and oxygen atoms in total. The summed E-state index contributed by atoms with van der Waals surface area (Å²) in [5, 5.41) is 9.31. The first-order chi connectivity index (χ1) is 12.7. The molecule has 27 heavy (non-hydrogen) atoms. The average Bonchev–Trinajstić information content (AvgIpc) is 2.95. The first-order valence-corrected chi connectivity index (χ1v) is 8.74. The van der Waals surface area contributed by atoms with E-state index in [9.17, 15) is 22.8 Å². The summed E-state index contributed by atoms with van der Waals surface area (Å²) in [6, 6.07) is 10.5. The minimum atomic E-state index is -4.42. The number of halogens is 3. The van der Waals surface area contributed by atoms with Crippen LogP contribution >= 0.6 is 11.8 Å². The standard InChI is InChI=1S/C18H13F3N2O3S/c19-18(20,21)13-5-7-14(8-6-13)22-17-23(15(24)10-27-17)9-11-1-3-12(4-2-11)16(25)26/h1-8H,9-10H2,(H,25,26). The highest BCUT2D eigenvalue weighted by atomic mass is 32.2. The van der Waals surface area contributed by atoms with E-state index in [1.54, 1.807) is 12.1 Å². The van der Waals surface area contributed by atoms with Crippen molar-refractivity contribution >= 4 is 34.5 Å². The quantitative estimate of drug-likeness (QED) is 0.845. The van der Waals surface area contributed by atoms with Crippen LogP contribution in [-0.4, -0.2) is 32.8 Å². The Bertz CT molecular complexity index is 894. The van der Waals surface area contributed by atoms with Crippen molar-refractivity contribution in [1.82, 2.24) is 4.90 Å². The zero-order valence-corrected chi connectivity index (χ0v) is 14.5. The van der Waals surface area contributed by atoms with Crippen LogP contribution in [0.5, 0.6) is 0 Å². The Morgan fingerprint density at radius 1 is 1.11 bits per heavy atom. The Hall–Kier alpha value is -2.81. The topological polar surface area (TPSA) is 70.0 Å². The third-order valence-electron chi connectivity index (χ3n) is 3.82. The van der Waals surface area contributed by atoms with E-state index in [0.717, 1.165) is 17.7 Å². The zero-order valence-electron chi connectivity index (χ0n) is 13.7. The molecular formula is C18H13F3N2O3S. The van der Waals surface area contributed by atoms with Crippen molar-refractivity contribution in [3.05, 3.63) is 65.2 Å². The summed E-state index contributed by atoms with van der Waals surface area (Å²) in [6.45, 7) is 0.200. The van der Waals surface area contributed by atoms with Gasteiger partial charge in [-0.3, -0.25) is 9.69 Å². The summed E-state index contributed by atoms with van der Waals surface area (Å²) in [5.41, 5.74) is 0.402. The SMILES string of the molecule is O=C(O)c1ccc(CN2C(=O)CSC2=Nc2ccc(C(F)(F)F)cc2)cc1. The van der Waals surface area contributed by atoms with Crippen LogP contribution in [0, 0.1) is 0 Å². The molecule has 1 fully saturated rings. The van der Waals surface area contributed by atoms with E-state index >= 15 is 0 Å². The maximum Gasteiger partial charge on any atom is 0.416 e. The number of carbonyl (C=O) groups is 2. The summed E-state index contributed by atoms with van der Waals surface area (Å²) in [5.74, 6) is -1.03. The molecule has 1 aliphatic heterocycles. The van der Waals surface area contributed by atoms with Gasteiger partial charge in [-0.2, -0.15) is 13.2 Å². The van der Waals surface area contributed by atoms with Gasteiger partial charge in [0.1, 0.15) is 0 Å².